The SMILES string of the molecule is O=C(OC1CCCC1)c1ccnc(Cl)c1. The highest BCUT2D eigenvalue weighted by Crippen LogP contribution is 2.22. The van der Waals surface area contributed by atoms with Gasteiger partial charge in [-0.3, -0.25) is 0 Å². The molecule has 0 aliphatic heterocycles. The second-order valence-corrected chi connectivity index (χ2v) is 4.07. The molecule has 0 unspecified atom stereocenters. The lowest BCUT2D eigenvalue weighted by atomic mass is 10.2. The van der Waals surface area contributed by atoms with Gasteiger partial charge < -0.3 is 4.74 Å². The van der Waals surface area contributed by atoms with Crippen molar-refractivity contribution >= 4 is 17.6 Å². The maximum absolute atomic E-state index is 11.6. The highest BCUT2D eigenvalue weighted by atomic mass is 35.5. The van der Waals surface area contributed by atoms with E-state index in [1.54, 1.807) is 6.07 Å². The zero-order valence-electron chi connectivity index (χ0n) is 8.28. The normalized spacial score (nSPS) is 16.6. The fourth-order valence-electron chi connectivity index (χ4n) is 1.76. The van der Waals surface area contributed by atoms with Crippen LogP contribution in [-0.4, -0.2) is 17.1 Å². The second-order valence-electron chi connectivity index (χ2n) is 3.68. The van der Waals surface area contributed by atoms with Gasteiger partial charge in [0.1, 0.15) is 11.3 Å². The van der Waals surface area contributed by atoms with Crippen molar-refractivity contribution in [1.82, 2.24) is 4.98 Å². The van der Waals surface area contributed by atoms with E-state index in [1.807, 2.05) is 0 Å². The van der Waals surface area contributed by atoms with Crippen LogP contribution in [0.4, 0.5) is 0 Å². The standard InChI is InChI=1S/C11H12ClNO2/c12-10-7-8(5-6-13-10)11(14)15-9-3-1-2-4-9/h5-7,9H,1-4H2. The molecule has 1 aromatic rings. The topological polar surface area (TPSA) is 39.2 Å². The summed E-state index contributed by atoms with van der Waals surface area (Å²) in [7, 11) is 0. The zero-order chi connectivity index (χ0) is 10.7. The van der Waals surface area contributed by atoms with Crippen LogP contribution in [-0.2, 0) is 4.74 Å². The fraction of sp³-hybridized carbons (Fsp3) is 0.455. The maximum atomic E-state index is 11.6. The van der Waals surface area contributed by atoms with E-state index in [0.717, 1.165) is 25.7 Å². The highest BCUT2D eigenvalue weighted by Gasteiger charge is 2.20. The molecule has 1 aromatic heterocycles. The number of hydrogen-bond acceptors (Lipinski definition) is 3. The number of hydrogen-bond donors (Lipinski definition) is 0. The van der Waals surface area contributed by atoms with Crippen molar-refractivity contribution in [2.75, 3.05) is 0 Å². The van der Waals surface area contributed by atoms with Crippen LogP contribution < -0.4 is 0 Å². The number of ether oxygens (including phenoxy) is 1. The Labute approximate surface area is 93.4 Å². The molecule has 1 fully saturated rings. The van der Waals surface area contributed by atoms with E-state index in [0.29, 0.717) is 10.7 Å². The summed E-state index contributed by atoms with van der Waals surface area (Å²) in [6.45, 7) is 0. The first-order chi connectivity index (χ1) is 7.25. The van der Waals surface area contributed by atoms with Crippen LogP contribution in [0.2, 0.25) is 5.15 Å². The van der Waals surface area contributed by atoms with E-state index in [1.165, 1.54) is 12.3 Å². The molecule has 2 rings (SSSR count). The van der Waals surface area contributed by atoms with Crippen molar-refractivity contribution in [3.63, 3.8) is 0 Å². The number of carbonyl (C=O) groups is 1. The number of nitrogens with zero attached hydrogens (tertiary/aromatic N) is 1. The number of esters is 1. The van der Waals surface area contributed by atoms with E-state index in [-0.39, 0.29) is 12.1 Å². The molecular weight excluding hydrogens is 214 g/mol. The molecule has 0 N–H and O–H groups in total. The Morgan fingerprint density at radius 1 is 1.47 bits per heavy atom. The Balaban J connectivity index is 2.01. The first kappa shape index (κ1) is 10.4. The summed E-state index contributed by atoms with van der Waals surface area (Å²) in [6, 6.07) is 3.14. The second kappa shape index (κ2) is 4.62. The van der Waals surface area contributed by atoms with Crippen molar-refractivity contribution in [2.24, 2.45) is 0 Å². The Morgan fingerprint density at radius 2 is 2.20 bits per heavy atom. The molecular formula is C11H12ClNO2. The first-order valence-corrected chi connectivity index (χ1v) is 5.46. The third kappa shape index (κ3) is 2.69. The summed E-state index contributed by atoms with van der Waals surface area (Å²) in [4.78, 5) is 15.5. The molecule has 4 heteroatoms. The number of halogens is 1. The summed E-state index contributed by atoms with van der Waals surface area (Å²) in [6.07, 6.45) is 5.84. The highest BCUT2D eigenvalue weighted by molar-refractivity contribution is 6.29. The predicted molar refractivity (Wildman–Crippen MR) is 56.9 cm³/mol. The van der Waals surface area contributed by atoms with E-state index in [4.69, 9.17) is 16.3 Å². The molecule has 1 saturated carbocycles. The zero-order valence-corrected chi connectivity index (χ0v) is 9.04. The van der Waals surface area contributed by atoms with Gasteiger partial charge in [-0.15, -0.1) is 0 Å². The van der Waals surface area contributed by atoms with Gasteiger partial charge in [0, 0.05) is 6.20 Å². The van der Waals surface area contributed by atoms with Gasteiger partial charge in [0.15, 0.2) is 0 Å². The van der Waals surface area contributed by atoms with Crippen LogP contribution in [0, 0.1) is 0 Å². The molecule has 0 atom stereocenters. The molecule has 1 heterocycles. The molecule has 0 aromatic carbocycles. The quantitative estimate of drug-likeness (QED) is 0.574. The van der Waals surface area contributed by atoms with E-state index >= 15 is 0 Å². The van der Waals surface area contributed by atoms with Gasteiger partial charge in [-0.2, -0.15) is 0 Å². The van der Waals surface area contributed by atoms with Crippen LogP contribution in [0.3, 0.4) is 0 Å². The lowest BCUT2D eigenvalue weighted by molar-refractivity contribution is 0.0318. The third-order valence-corrected chi connectivity index (χ3v) is 2.74. The van der Waals surface area contributed by atoms with Crippen LogP contribution in [0.25, 0.3) is 0 Å². The average molecular weight is 226 g/mol. The Bertz CT molecular complexity index is 361. The van der Waals surface area contributed by atoms with Crippen molar-refractivity contribution in [3.05, 3.63) is 29.0 Å². The molecule has 0 radical (unpaired) electrons. The molecule has 0 amide bonds. The minimum atomic E-state index is -0.300. The lowest BCUT2D eigenvalue weighted by Gasteiger charge is -2.10. The van der Waals surface area contributed by atoms with Crippen molar-refractivity contribution in [2.45, 2.75) is 31.8 Å². The van der Waals surface area contributed by atoms with Gasteiger partial charge in [-0.05, 0) is 37.8 Å². The molecule has 15 heavy (non-hydrogen) atoms. The first-order valence-electron chi connectivity index (χ1n) is 5.08. The van der Waals surface area contributed by atoms with E-state index in [9.17, 15) is 4.79 Å². The minimum absolute atomic E-state index is 0.0874. The van der Waals surface area contributed by atoms with Gasteiger partial charge in [0.2, 0.25) is 0 Å². The monoisotopic (exact) mass is 225 g/mol. The van der Waals surface area contributed by atoms with Crippen LogP contribution >= 0.6 is 11.6 Å². The van der Waals surface area contributed by atoms with Crippen molar-refractivity contribution in [1.29, 1.82) is 0 Å². The number of aromatic nitrogens is 1. The van der Waals surface area contributed by atoms with E-state index in [2.05, 4.69) is 4.98 Å². The molecule has 0 bridgehead atoms. The van der Waals surface area contributed by atoms with Crippen LogP contribution in [0.5, 0.6) is 0 Å². The molecule has 80 valence electrons. The van der Waals surface area contributed by atoms with E-state index < -0.39 is 0 Å². The number of carbonyl (C=O) groups excluding carboxylic acids is 1. The molecule has 3 nitrogen and oxygen atoms in total. The number of pyridine rings is 1. The Kier molecular flexibility index (Phi) is 3.21. The Hall–Kier alpha value is -1.09. The van der Waals surface area contributed by atoms with Gasteiger partial charge in [-0.25, -0.2) is 9.78 Å². The number of rotatable bonds is 2. The summed E-state index contributed by atoms with van der Waals surface area (Å²) < 4.78 is 5.33. The molecule has 1 aliphatic rings. The smallest absolute Gasteiger partial charge is 0.338 e. The van der Waals surface area contributed by atoms with Crippen LogP contribution in [0.1, 0.15) is 36.0 Å². The van der Waals surface area contributed by atoms with Crippen molar-refractivity contribution < 1.29 is 9.53 Å². The van der Waals surface area contributed by atoms with Gasteiger partial charge in [-0.1, -0.05) is 11.6 Å². The average Bonchev–Trinajstić information content (AvgIpc) is 2.70. The van der Waals surface area contributed by atoms with Gasteiger partial charge >= 0.3 is 5.97 Å². The summed E-state index contributed by atoms with van der Waals surface area (Å²) >= 11 is 5.69. The lowest BCUT2D eigenvalue weighted by Crippen LogP contribution is -2.14. The Morgan fingerprint density at radius 3 is 2.87 bits per heavy atom. The maximum Gasteiger partial charge on any atom is 0.338 e. The molecule has 0 saturated heterocycles. The predicted octanol–water partition coefficient (Wildman–Crippen LogP) is 2.83. The molecule has 1 aliphatic carbocycles. The largest absolute Gasteiger partial charge is 0.459 e. The minimum Gasteiger partial charge on any atom is -0.459 e. The van der Waals surface area contributed by atoms with Gasteiger partial charge in [0.05, 0.1) is 5.56 Å². The fourth-order valence-corrected chi connectivity index (χ4v) is 1.93. The summed E-state index contributed by atoms with van der Waals surface area (Å²) in [5.74, 6) is -0.300. The van der Waals surface area contributed by atoms with Crippen LogP contribution in [0.15, 0.2) is 18.3 Å². The molecule has 0 spiro atoms. The van der Waals surface area contributed by atoms with Crippen molar-refractivity contribution in [3.8, 4) is 0 Å². The summed E-state index contributed by atoms with van der Waals surface area (Å²) in [5.41, 5.74) is 0.474. The van der Waals surface area contributed by atoms with Gasteiger partial charge in [0.25, 0.3) is 0 Å². The third-order valence-electron chi connectivity index (χ3n) is 2.54. The summed E-state index contributed by atoms with van der Waals surface area (Å²) in [5, 5.41) is 0.316.